The number of hydrogen-bond donors (Lipinski definition) is 2. The van der Waals surface area contributed by atoms with Crippen molar-refractivity contribution in [3.63, 3.8) is 0 Å². The second-order valence-electron chi connectivity index (χ2n) is 7.21. The Kier molecular flexibility index (Phi) is 6.83. The smallest absolute Gasteiger partial charge is 0.255 e. The van der Waals surface area contributed by atoms with Crippen LogP contribution in [0.1, 0.15) is 10.4 Å². The van der Waals surface area contributed by atoms with Gasteiger partial charge >= 0.3 is 0 Å². The summed E-state index contributed by atoms with van der Waals surface area (Å²) in [4.78, 5) is 29.3. The Morgan fingerprint density at radius 3 is 2.47 bits per heavy atom. The summed E-state index contributed by atoms with van der Waals surface area (Å²) in [5, 5.41) is 10.00. The van der Waals surface area contributed by atoms with Crippen LogP contribution in [0.15, 0.2) is 79.3 Å². The van der Waals surface area contributed by atoms with Gasteiger partial charge in [0, 0.05) is 18.0 Å². The van der Waals surface area contributed by atoms with E-state index in [1.165, 1.54) is 6.20 Å². The number of aromatic nitrogens is 3. The van der Waals surface area contributed by atoms with Gasteiger partial charge < -0.3 is 20.1 Å². The Hall–Kier alpha value is -4.66. The van der Waals surface area contributed by atoms with Crippen LogP contribution in [0.5, 0.6) is 11.5 Å². The number of para-hydroxylation sites is 1. The van der Waals surface area contributed by atoms with E-state index in [-0.39, 0.29) is 12.5 Å². The predicted octanol–water partition coefficient (Wildman–Crippen LogP) is 3.32. The second kappa shape index (κ2) is 10.3. The van der Waals surface area contributed by atoms with Crippen LogP contribution in [0.25, 0.3) is 16.9 Å². The van der Waals surface area contributed by atoms with Crippen molar-refractivity contribution in [2.24, 2.45) is 0 Å². The number of anilines is 1. The number of nitrogens with zero attached hydrogens (tertiary/aromatic N) is 3. The first-order valence-electron chi connectivity index (χ1n) is 10.4. The first-order chi connectivity index (χ1) is 16.6. The molecule has 4 aromatic rings. The fraction of sp³-hybridized carbons (Fsp3) is 0.120. The average molecular weight is 457 g/mol. The van der Waals surface area contributed by atoms with Gasteiger partial charge in [-0.3, -0.25) is 14.6 Å². The van der Waals surface area contributed by atoms with Crippen LogP contribution >= 0.6 is 0 Å². The van der Waals surface area contributed by atoms with Crippen molar-refractivity contribution in [2.75, 3.05) is 26.1 Å². The summed E-state index contributed by atoms with van der Waals surface area (Å²) in [7, 11) is 3.09. The molecule has 34 heavy (non-hydrogen) atoms. The summed E-state index contributed by atoms with van der Waals surface area (Å²) in [6.45, 7) is -0.213. The van der Waals surface area contributed by atoms with Crippen LogP contribution in [0, 0.1) is 0 Å². The molecule has 0 fully saturated rings. The van der Waals surface area contributed by atoms with Gasteiger partial charge in [-0.25, -0.2) is 4.68 Å². The standard InChI is InChI=1S/C25H23N5O4/c1-33-21-11-10-17(13-22(21)34-2)24-20(16-30(29-24)19-8-4-3-5-9-19)25(32)27-15-23(31)28-18-7-6-12-26-14-18/h3-14,16H,15H2,1-2H3,(H,27,32)(H,28,31). The number of nitrogens with one attached hydrogen (secondary N) is 2. The molecule has 2 N–H and O–H groups in total. The highest BCUT2D eigenvalue weighted by Gasteiger charge is 2.20. The van der Waals surface area contributed by atoms with Crippen molar-refractivity contribution in [3.8, 4) is 28.4 Å². The van der Waals surface area contributed by atoms with E-state index in [2.05, 4.69) is 20.7 Å². The number of ether oxygens (including phenoxy) is 2. The summed E-state index contributed by atoms with van der Waals surface area (Å²) in [5.41, 5.74) is 2.75. The normalized spacial score (nSPS) is 10.4. The first-order valence-corrected chi connectivity index (χ1v) is 10.4. The Morgan fingerprint density at radius 1 is 0.971 bits per heavy atom. The fourth-order valence-corrected chi connectivity index (χ4v) is 3.35. The Labute approximate surface area is 196 Å². The number of methoxy groups -OCH3 is 2. The molecule has 172 valence electrons. The first kappa shape index (κ1) is 22.5. The number of rotatable bonds is 8. The summed E-state index contributed by atoms with van der Waals surface area (Å²) in [6, 6.07) is 18.2. The third-order valence-corrected chi connectivity index (χ3v) is 4.99. The molecule has 2 amide bonds. The predicted molar refractivity (Wildman–Crippen MR) is 127 cm³/mol. The highest BCUT2D eigenvalue weighted by molar-refractivity contribution is 6.02. The van der Waals surface area contributed by atoms with Gasteiger partial charge in [-0.15, -0.1) is 0 Å². The number of benzene rings is 2. The molecule has 4 rings (SSSR count). The fourth-order valence-electron chi connectivity index (χ4n) is 3.35. The lowest BCUT2D eigenvalue weighted by Gasteiger charge is -2.10. The topological polar surface area (TPSA) is 107 Å². The molecule has 2 aromatic heterocycles. The molecule has 0 aliphatic heterocycles. The summed E-state index contributed by atoms with van der Waals surface area (Å²) < 4.78 is 12.3. The lowest BCUT2D eigenvalue weighted by molar-refractivity contribution is -0.115. The SMILES string of the molecule is COc1ccc(-c2nn(-c3ccccc3)cc2C(=O)NCC(=O)Nc2cccnc2)cc1OC. The maximum absolute atomic E-state index is 13.1. The van der Waals surface area contributed by atoms with Crippen molar-refractivity contribution in [2.45, 2.75) is 0 Å². The lowest BCUT2D eigenvalue weighted by atomic mass is 10.1. The van der Waals surface area contributed by atoms with Crippen LogP contribution in [-0.4, -0.2) is 47.3 Å². The minimum absolute atomic E-state index is 0.213. The van der Waals surface area contributed by atoms with Gasteiger partial charge in [-0.2, -0.15) is 5.10 Å². The van der Waals surface area contributed by atoms with E-state index in [4.69, 9.17) is 9.47 Å². The summed E-state index contributed by atoms with van der Waals surface area (Å²) in [5.74, 6) is 0.265. The van der Waals surface area contributed by atoms with Crippen molar-refractivity contribution < 1.29 is 19.1 Å². The van der Waals surface area contributed by atoms with E-state index in [0.29, 0.717) is 34.0 Å². The molecule has 2 heterocycles. The van der Waals surface area contributed by atoms with Crippen LogP contribution in [0.3, 0.4) is 0 Å². The zero-order chi connectivity index (χ0) is 23.9. The average Bonchev–Trinajstić information content (AvgIpc) is 3.33. The van der Waals surface area contributed by atoms with E-state index in [1.54, 1.807) is 61.6 Å². The van der Waals surface area contributed by atoms with E-state index in [1.807, 2.05) is 30.3 Å². The maximum atomic E-state index is 13.1. The van der Waals surface area contributed by atoms with Gasteiger partial charge in [-0.1, -0.05) is 18.2 Å². The highest BCUT2D eigenvalue weighted by atomic mass is 16.5. The molecule has 2 aromatic carbocycles. The zero-order valence-electron chi connectivity index (χ0n) is 18.7. The maximum Gasteiger partial charge on any atom is 0.255 e. The van der Waals surface area contributed by atoms with Crippen LogP contribution in [0.2, 0.25) is 0 Å². The zero-order valence-corrected chi connectivity index (χ0v) is 18.7. The third kappa shape index (κ3) is 5.04. The van der Waals surface area contributed by atoms with Gasteiger partial charge in [0.05, 0.1) is 43.9 Å². The molecule has 0 saturated heterocycles. The molecule has 9 nitrogen and oxygen atoms in total. The second-order valence-corrected chi connectivity index (χ2v) is 7.21. The van der Waals surface area contributed by atoms with Gasteiger partial charge in [0.25, 0.3) is 5.91 Å². The molecule has 9 heteroatoms. The monoisotopic (exact) mass is 457 g/mol. The van der Waals surface area contributed by atoms with E-state index >= 15 is 0 Å². The number of hydrogen-bond acceptors (Lipinski definition) is 6. The molecule has 0 aliphatic carbocycles. The summed E-state index contributed by atoms with van der Waals surface area (Å²) in [6.07, 6.45) is 4.77. The molecule has 0 radical (unpaired) electrons. The van der Waals surface area contributed by atoms with Gasteiger partial charge in [0.1, 0.15) is 5.69 Å². The van der Waals surface area contributed by atoms with Crippen LogP contribution in [0.4, 0.5) is 5.69 Å². The van der Waals surface area contributed by atoms with E-state index in [9.17, 15) is 9.59 Å². The molecule has 0 atom stereocenters. The van der Waals surface area contributed by atoms with Gasteiger partial charge in [0.2, 0.25) is 5.91 Å². The van der Waals surface area contributed by atoms with Crippen LogP contribution < -0.4 is 20.1 Å². The quantitative estimate of drug-likeness (QED) is 0.420. The number of carbonyl (C=O) groups excluding carboxylic acids is 2. The van der Waals surface area contributed by atoms with E-state index in [0.717, 1.165) is 5.69 Å². The number of amides is 2. The molecule has 0 spiro atoms. The highest BCUT2D eigenvalue weighted by Crippen LogP contribution is 2.33. The minimum Gasteiger partial charge on any atom is -0.493 e. The molecule has 0 aliphatic rings. The number of pyridine rings is 1. The molecule has 0 saturated carbocycles. The van der Waals surface area contributed by atoms with E-state index < -0.39 is 5.91 Å². The van der Waals surface area contributed by atoms with Gasteiger partial charge in [-0.05, 0) is 42.5 Å². The van der Waals surface area contributed by atoms with Gasteiger partial charge in [0.15, 0.2) is 11.5 Å². The number of carbonyl (C=O) groups is 2. The lowest BCUT2D eigenvalue weighted by Crippen LogP contribution is -2.33. The Bertz CT molecular complexity index is 1290. The van der Waals surface area contributed by atoms with Crippen LogP contribution in [-0.2, 0) is 4.79 Å². The molecule has 0 unspecified atom stereocenters. The minimum atomic E-state index is -0.437. The van der Waals surface area contributed by atoms with Crippen molar-refractivity contribution in [1.29, 1.82) is 0 Å². The molecule has 0 bridgehead atoms. The Balaban J connectivity index is 1.62. The Morgan fingerprint density at radius 2 is 1.76 bits per heavy atom. The molecular weight excluding hydrogens is 434 g/mol. The van der Waals surface area contributed by atoms with Crippen molar-refractivity contribution >= 4 is 17.5 Å². The summed E-state index contributed by atoms with van der Waals surface area (Å²) >= 11 is 0. The van der Waals surface area contributed by atoms with Crippen molar-refractivity contribution in [3.05, 3.63) is 84.8 Å². The molecular formula is C25H23N5O4. The third-order valence-electron chi connectivity index (χ3n) is 4.99. The largest absolute Gasteiger partial charge is 0.493 e. The van der Waals surface area contributed by atoms with Crippen molar-refractivity contribution in [1.82, 2.24) is 20.1 Å².